The maximum atomic E-state index is 13.4. The van der Waals surface area contributed by atoms with Crippen LogP contribution in [0.3, 0.4) is 0 Å². The average Bonchev–Trinajstić information content (AvgIpc) is 3.16. The van der Waals surface area contributed by atoms with E-state index in [0.29, 0.717) is 40.9 Å². The normalized spacial score (nSPS) is 11.0. The average molecular weight is 391 g/mol. The molecule has 4 aromatic rings. The first kappa shape index (κ1) is 18.5. The van der Waals surface area contributed by atoms with Crippen molar-refractivity contribution in [2.45, 2.75) is 19.9 Å². The number of hydrogen-bond acceptors (Lipinski definition) is 6. The SMILES string of the molecule is CCc1nnc(-n2ncc3c(C(N)=O)cccc32)nc1NCc1cccc(F)c1. The molecule has 0 unspecified atom stereocenters. The minimum atomic E-state index is -0.534. The first-order valence-corrected chi connectivity index (χ1v) is 9.05. The van der Waals surface area contributed by atoms with Gasteiger partial charge in [-0.3, -0.25) is 4.79 Å². The van der Waals surface area contributed by atoms with E-state index in [-0.39, 0.29) is 11.8 Å². The van der Waals surface area contributed by atoms with E-state index in [4.69, 9.17) is 5.73 Å². The molecule has 0 atom stereocenters. The number of rotatable bonds is 6. The summed E-state index contributed by atoms with van der Waals surface area (Å²) in [5.41, 5.74) is 7.91. The first-order valence-electron chi connectivity index (χ1n) is 9.05. The quantitative estimate of drug-likeness (QED) is 0.523. The number of hydrogen-bond donors (Lipinski definition) is 2. The molecule has 4 rings (SSSR count). The number of nitrogens with zero attached hydrogens (tertiary/aromatic N) is 5. The maximum absolute atomic E-state index is 13.4. The highest BCUT2D eigenvalue weighted by atomic mass is 19.1. The highest BCUT2D eigenvalue weighted by Gasteiger charge is 2.15. The van der Waals surface area contributed by atoms with Gasteiger partial charge in [-0.05, 0) is 36.2 Å². The van der Waals surface area contributed by atoms with Gasteiger partial charge in [-0.15, -0.1) is 10.2 Å². The van der Waals surface area contributed by atoms with Crippen molar-refractivity contribution in [2.24, 2.45) is 5.73 Å². The summed E-state index contributed by atoms with van der Waals surface area (Å²) in [6.07, 6.45) is 2.17. The summed E-state index contributed by atoms with van der Waals surface area (Å²) in [4.78, 5) is 16.2. The summed E-state index contributed by atoms with van der Waals surface area (Å²) in [5, 5.41) is 16.5. The first-order chi connectivity index (χ1) is 14.1. The maximum Gasteiger partial charge on any atom is 0.272 e. The van der Waals surface area contributed by atoms with Crippen LogP contribution < -0.4 is 11.1 Å². The molecule has 29 heavy (non-hydrogen) atoms. The van der Waals surface area contributed by atoms with E-state index in [1.54, 1.807) is 30.5 Å². The summed E-state index contributed by atoms with van der Waals surface area (Å²) in [6.45, 7) is 2.33. The molecule has 0 spiro atoms. The predicted molar refractivity (Wildman–Crippen MR) is 106 cm³/mol. The number of benzene rings is 2. The zero-order valence-electron chi connectivity index (χ0n) is 15.6. The van der Waals surface area contributed by atoms with Gasteiger partial charge in [-0.2, -0.15) is 14.8 Å². The molecule has 9 heteroatoms. The Hall–Kier alpha value is -3.88. The van der Waals surface area contributed by atoms with Crippen molar-refractivity contribution in [2.75, 3.05) is 5.32 Å². The van der Waals surface area contributed by atoms with Crippen LogP contribution in [-0.4, -0.2) is 30.9 Å². The lowest BCUT2D eigenvalue weighted by molar-refractivity contribution is 0.100. The minimum Gasteiger partial charge on any atom is -0.366 e. The Kier molecular flexibility index (Phi) is 4.86. The van der Waals surface area contributed by atoms with Gasteiger partial charge in [0.25, 0.3) is 5.95 Å². The van der Waals surface area contributed by atoms with Gasteiger partial charge in [0.15, 0.2) is 5.82 Å². The fraction of sp³-hybridized carbons (Fsp3) is 0.150. The van der Waals surface area contributed by atoms with Gasteiger partial charge in [-0.25, -0.2) is 4.39 Å². The van der Waals surface area contributed by atoms with Gasteiger partial charge >= 0.3 is 0 Å². The molecule has 8 nitrogen and oxygen atoms in total. The van der Waals surface area contributed by atoms with Gasteiger partial charge in [-0.1, -0.05) is 25.1 Å². The van der Waals surface area contributed by atoms with Crippen molar-refractivity contribution in [3.05, 3.63) is 71.3 Å². The monoisotopic (exact) mass is 391 g/mol. The van der Waals surface area contributed by atoms with Crippen molar-refractivity contribution in [1.82, 2.24) is 25.0 Å². The molecule has 2 aromatic carbocycles. The van der Waals surface area contributed by atoms with Crippen molar-refractivity contribution < 1.29 is 9.18 Å². The number of fused-ring (bicyclic) bond motifs is 1. The van der Waals surface area contributed by atoms with Crippen LogP contribution >= 0.6 is 0 Å². The zero-order chi connectivity index (χ0) is 20.4. The lowest BCUT2D eigenvalue weighted by atomic mass is 10.1. The van der Waals surface area contributed by atoms with E-state index in [2.05, 4.69) is 25.6 Å². The fourth-order valence-electron chi connectivity index (χ4n) is 3.07. The largest absolute Gasteiger partial charge is 0.366 e. The molecule has 0 aliphatic carbocycles. The molecule has 0 aliphatic rings. The van der Waals surface area contributed by atoms with Gasteiger partial charge in [0.05, 0.1) is 17.3 Å². The molecule has 0 fully saturated rings. The smallest absolute Gasteiger partial charge is 0.272 e. The van der Waals surface area contributed by atoms with E-state index < -0.39 is 5.91 Å². The van der Waals surface area contributed by atoms with Crippen molar-refractivity contribution in [1.29, 1.82) is 0 Å². The second kappa shape index (κ2) is 7.63. The second-order valence-electron chi connectivity index (χ2n) is 6.40. The number of aryl methyl sites for hydroxylation is 1. The molecule has 146 valence electrons. The van der Waals surface area contributed by atoms with Crippen LogP contribution in [0.5, 0.6) is 0 Å². The zero-order valence-corrected chi connectivity index (χ0v) is 15.6. The Labute approximate surface area is 165 Å². The summed E-state index contributed by atoms with van der Waals surface area (Å²) >= 11 is 0. The number of nitrogens with two attached hydrogens (primary N) is 1. The van der Waals surface area contributed by atoms with Gasteiger partial charge in [0, 0.05) is 11.9 Å². The van der Waals surface area contributed by atoms with E-state index in [1.807, 2.05) is 13.0 Å². The Balaban J connectivity index is 1.70. The van der Waals surface area contributed by atoms with Crippen molar-refractivity contribution in [3.63, 3.8) is 0 Å². The lowest BCUT2D eigenvalue weighted by Gasteiger charge is -2.11. The van der Waals surface area contributed by atoms with Gasteiger partial charge in [0.2, 0.25) is 5.91 Å². The highest BCUT2D eigenvalue weighted by molar-refractivity contribution is 6.05. The van der Waals surface area contributed by atoms with Crippen LogP contribution in [0.1, 0.15) is 28.5 Å². The Morgan fingerprint density at radius 3 is 2.79 bits per heavy atom. The minimum absolute atomic E-state index is 0.251. The number of amides is 1. The molecule has 0 bridgehead atoms. The lowest BCUT2D eigenvalue weighted by Crippen LogP contribution is -2.13. The third-order valence-corrected chi connectivity index (χ3v) is 4.50. The van der Waals surface area contributed by atoms with E-state index >= 15 is 0 Å². The molecule has 0 radical (unpaired) electrons. The Morgan fingerprint density at radius 1 is 1.21 bits per heavy atom. The topological polar surface area (TPSA) is 112 Å². The second-order valence-corrected chi connectivity index (χ2v) is 6.40. The van der Waals surface area contributed by atoms with Crippen LogP contribution in [0.25, 0.3) is 16.9 Å². The molecular weight excluding hydrogens is 373 g/mol. The summed E-state index contributed by atoms with van der Waals surface area (Å²) in [7, 11) is 0. The number of carbonyl (C=O) groups excluding carboxylic acids is 1. The van der Waals surface area contributed by atoms with E-state index in [9.17, 15) is 9.18 Å². The Morgan fingerprint density at radius 2 is 2.03 bits per heavy atom. The number of halogens is 1. The predicted octanol–water partition coefficient (Wildman–Crippen LogP) is 2.62. The van der Waals surface area contributed by atoms with Gasteiger partial charge in [0.1, 0.15) is 11.5 Å². The molecule has 0 aliphatic heterocycles. The van der Waals surface area contributed by atoms with E-state index in [0.717, 1.165) is 5.56 Å². The number of primary amides is 1. The fourth-order valence-corrected chi connectivity index (χ4v) is 3.07. The number of aromatic nitrogens is 5. The standard InChI is InChI=1S/C20H18FN7O/c1-2-16-19(23-10-12-5-3-6-13(21)9-12)25-20(27-26-16)28-17-8-4-7-14(18(22)29)15(17)11-24-28/h3-9,11H,2,10H2,1H3,(H2,22,29)(H,23,25,27). The third kappa shape index (κ3) is 3.62. The van der Waals surface area contributed by atoms with Crippen LogP contribution in [-0.2, 0) is 13.0 Å². The van der Waals surface area contributed by atoms with Crippen molar-refractivity contribution >= 4 is 22.6 Å². The molecule has 0 saturated carbocycles. The highest BCUT2D eigenvalue weighted by Crippen LogP contribution is 2.21. The molecule has 1 amide bonds. The van der Waals surface area contributed by atoms with Crippen LogP contribution in [0, 0.1) is 5.82 Å². The van der Waals surface area contributed by atoms with Crippen LogP contribution in [0.15, 0.2) is 48.7 Å². The molecule has 3 N–H and O–H groups in total. The number of nitrogens with one attached hydrogen (secondary N) is 1. The molecule has 0 saturated heterocycles. The summed E-state index contributed by atoms with van der Waals surface area (Å²) in [5.74, 6) is -0.0419. The van der Waals surface area contributed by atoms with Crippen LogP contribution in [0.2, 0.25) is 0 Å². The van der Waals surface area contributed by atoms with Gasteiger partial charge < -0.3 is 11.1 Å². The molecule has 2 heterocycles. The molecular formula is C20H18FN7O. The number of anilines is 1. The molecule has 2 aromatic heterocycles. The summed E-state index contributed by atoms with van der Waals surface area (Å²) in [6, 6.07) is 11.5. The third-order valence-electron chi connectivity index (χ3n) is 4.50. The summed E-state index contributed by atoms with van der Waals surface area (Å²) < 4.78 is 14.9. The Bertz CT molecular complexity index is 1200. The number of carbonyl (C=O) groups is 1. The van der Waals surface area contributed by atoms with E-state index in [1.165, 1.54) is 16.8 Å². The van der Waals surface area contributed by atoms with Crippen molar-refractivity contribution in [3.8, 4) is 5.95 Å². The van der Waals surface area contributed by atoms with Crippen LogP contribution in [0.4, 0.5) is 10.2 Å².